The maximum absolute atomic E-state index is 11.7. The Hall–Kier alpha value is -0.520. The van der Waals surface area contributed by atoms with Gasteiger partial charge in [-0.2, -0.15) is 0 Å². The first-order chi connectivity index (χ1) is 10.0. The molecule has 0 heterocycles. The Bertz CT molecular complexity index is 467. The molecule has 0 unspecified atom stereocenters. The van der Waals surface area contributed by atoms with Crippen LogP contribution in [0.3, 0.4) is 0 Å². The van der Waals surface area contributed by atoms with Crippen LogP contribution in [0.15, 0.2) is 33.6 Å². The van der Waals surface area contributed by atoms with Crippen LogP contribution in [0.4, 0.5) is 0 Å². The van der Waals surface area contributed by atoms with Crippen molar-refractivity contribution < 1.29 is 14.6 Å². The van der Waals surface area contributed by atoms with E-state index in [-0.39, 0.29) is 11.9 Å². The Morgan fingerprint density at radius 3 is 2.57 bits per heavy atom. The van der Waals surface area contributed by atoms with E-state index >= 15 is 0 Å². The van der Waals surface area contributed by atoms with Crippen molar-refractivity contribution in [1.29, 1.82) is 0 Å². The molecule has 116 valence electrons. The molecule has 0 bridgehead atoms. The molecule has 0 aliphatic heterocycles. The third-order valence-corrected chi connectivity index (χ3v) is 5.67. The Kier molecular flexibility index (Phi) is 6.14. The molecule has 0 aromatic heterocycles. The van der Waals surface area contributed by atoms with Gasteiger partial charge in [0.1, 0.15) is 0 Å². The summed E-state index contributed by atoms with van der Waals surface area (Å²) in [6.07, 6.45) is 2.77. The molecule has 1 aliphatic rings. The van der Waals surface area contributed by atoms with Gasteiger partial charge in [0, 0.05) is 15.1 Å². The van der Waals surface area contributed by atoms with Crippen molar-refractivity contribution in [1.82, 2.24) is 0 Å². The summed E-state index contributed by atoms with van der Waals surface area (Å²) in [6, 6.07) is 8.10. The molecule has 1 saturated carbocycles. The maximum Gasteiger partial charge on any atom is 0.308 e. The molecule has 0 radical (unpaired) electrons. The molecule has 0 saturated heterocycles. The first-order valence-electron chi connectivity index (χ1n) is 7.30. The van der Waals surface area contributed by atoms with Gasteiger partial charge in [-0.05, 0) is 56.9 Å². The van der Waals surface area contributed by atoms with Crippen LogP contribution in [-0.2, 0) is 9.53 Å². The van der Waals surface area contributed by atoms with E-state index in [2.05, 4.69) is 15.9 Å². The quantitative estimate of drug-likeness (QED) is 0.626. The van der Waals surface area contributed by atoms with Gasteiger partial charge >= 0.3 is 5.97 Å². The highest BCUT2D eigenvalue weighted by molar-refractivity contribution is 9.10. The number of ether oxygens (including phenoxy) is 1. The fourth-order valence-electron chi connectivity index (χ4n) is 2.54. The van der Waals surface area contributed by atoms with Crippen LogP contribution in [0.25, 0.3) is 0 Å². The van der Waals surface area contributed by atoms with E-state index in [0.29, 0.717) is 25.2 Å². The number of hydrogen-bond acceptors (Lipinski definition) is 4. The molecule has 0 spiro atoms. The predicted octanol–water partition coefficient (Wildman–Crippen LogP) is 4.03. The lowest BCUT2D eigenvalue weighted by molar-refractivity contribution is -0.150. The number of esters is 1. The largest absolute Gasteiger partial charge is 0.466 e. The van der Waals surface area contributed by atoms with Crippen LogP contribution < -0.4 is 0 Å². The van der Waals surface area contributed by atoms with Crippen molar-refractivity contribution in [2.24, 2.45) is 5.92 Å². The summed E-state index contributed by atoms with van der Waals surface area (Å²) in [5.74, 6) is 0.521. The van der Waals surface area contributed by atoms with Crippen molar-refractivity contribution in [3.05, 3.63) is 28.7 Å². The lowest BCUT2D eigenvalue weighted by atomic mass is 9.80. The number of halogens is 1. The molecule has 5 heteroatoms. The minimum atomic E-state index is -0.666. The van der Waals surface area contributed by atoms with Crippen LogP contribution >= 0.6 is 27.7 Å². The number of hydrogen-bond donors (Lipinski definition) is 1. The third kappa shape index (κ3) is 5.01. The Labute approximate surface area is 138 Å². The summed E-state index contributed by atoms with van der Waals surface area (Å²) in [4.78, 5) is 12.9. The molecule has 21 heavy (non-hydrogen) atoms. The monoisotopic (exact) mass is 372 g/mol. The molecule has 3 nitrogen and oxygen atoms in total. The van der Waals surface area contributed by atoms with Crippen LogP contribution in [0, 0.1) is 5.92 Å². The zero-order valence-electron chi connectivity index (χ0n) is 12.2. The summed E-state index contributed by atoms with van der Waals surface area (Å²) in [5, 5.41) is 10.6. The van der Waals surface area contributed by atoms with Gasteiger partial charge in [0.05, 0.1) is 18.1 Å². The molecule has 1 aromatic carbocycles. The van der Waals surface area contributed by atoms with E-state index in [4.69, 9.17) is 4.74 Å². The standard InChI is InChI=1S/C16H21BrO3S/c1-2-20-15(18)12-7-9-16(19,10-8-12)11-21-14-5-3-13(17)4-6-14/h3-6,12,19H,2,7-11H2,1H3. The minimum Gasteiger partial charge on any atom is -0.466 e. The van der Waals surface area contributed by atoms with Crippen LogP contribution in [-0.4, -0.2) is 29.0 Å². The summed E-state index contributed by atoms with van der Waals surface area (Å²) >= 11 is 5.08. The molecular formula is C16H21BrO3S. The van der Waals surface area contributed by atoms with Gasteiger partial charge in [-0.25, -0.2) is 0 Å². The number of thioether (sulfide) groups is 1. The lowest BCUT2D eigenvalue weighted by Gasteiger charge is -2.34. The molecule has 1 aromatic rings. The fourth-order valence-corrected chi connectivity index (χ4v) is 3.86. The Morgan fingerprint density at radius 1 is 1.38 bits per heavy atom. The van der Waals surface area contributed by atoms with Gasteiger partial charge in [-0.3, -0.25) is 4.79 Å². The van der Waals surface area contributed by atoms with Crippen molar-refractivity contribution >= 4 is 33.7 Å². The summed E-state index contributed by atoms with van der Waals surface area (Å²) in [5.41, 5.74) is -0.666. The van der Waals surface area contributed by atoms with Gasteiger partial charge in [-0.1, -0.05) is 15.9 Å². The van der Waals surface area contributed by atoms with Crippen LogP contribution in [0.1, 0.15) is 32.6 Å². The second-order valence-electron chi connectivity index (χ2n) is 5.49. The molecule has 0 amide bonds. The van der Waals surface area contributed by atoms with Gasteiger partial charge in [0.25, 0.3) is 0 Å². The topological polar surface area (TPSA) is 46.5 Å². The number of rotatable bonds is 5. The molecule has 0 atom stereocenters. The van der Waals surface area contributed by atoms with E-state index in [0.717, 1.165) is 22.2 Å². The Balaban J connectivity index is 1.82. The van der Waals surface area contributed by atoms with Crippen LogP contribution in [0.2, 0.25) is 0 Å². The molecular weight excluding hydrogens is 352 g/mol. The van der Waals surface area contributed by atoms with Gasteiger partial charge in [0.2, 0.25) is 0 Å². The lowest BCUT2D eigenvalue weighted by Crippen LogP contribution is -2.38. The molecule has 2 rings (SSSR count). The minimum absolute atomic E-state index is 0.0390. The Morgan fingerprint density at radius 2 is 2.00 bits per heavy atom. The summed E-state index contributed by atoms with van der Waals surface area (Å²) in [7, 11) is 0. The van der Waals surface area contributed by atoms with Gasteiger partial charge in [0.15, 0.2) is 0 Å². The van der Waals surface area contributed by atoms with E-state index < -0.39 is 5.60 Å². The van der Waals surface area contributed by atoms with E-state index in [1.54, 1.807) is 11.8 Å². The fraction of sp³-hybridized carbons (Fsp3) is 0.562. The van der Waals surface area contributed by atoms with Crippen molar-refractivity contribution in [2.45, 2.75) is 43.1 Å². The highest BCUT2D eigenvalue weighted by atomic mass is 79.9. The number of aliphatic hydroxyl groups is 1. The number of carbonyl (C=O) groups excluding carboxylic acids is 1. The average Bonchev–Trinajstić information content (AvgIpc) is 2.48. The average molecular weight is 373 g/mol. The number of benzene rings is 1. The van der Waals surface area contributed by atoms with Gasteiger partial charge in [-0.15, -0.1) is 11.8 Å². The molecule has 1 N–H and O–H groups in total. The highest BCUT2D eigenvalue weighted by Crippen LogP contribution is 2.36. The second-order valence-corrected chi connectivity index (χ2v) is 7.46. The molecule has 1 fully saturated rings. The van der Waals surface area contributed by atoms with Crippen LogP contribution in [0.5, 0.6) is 0 Å². The van der Waals surface area contributed by atoms with E-state index in [1.165, 1.54) is 0 Å². The first kappa shape index (κ1) is 16.8. The van der Waals surface area contributed by atoms with E-state index in [9.17, 15) is 9.90 Å². The first-order valence-corrected chi connectivity index (χ1v) is 9.08. The van der Waals surface area contributed by atoms with E-state index in [1.807, 2.05) is 31.2 Å². The number of carbonyl (C=O) groups is 1. The van der Waals surface area contributed by atoms with Crippen molar-refractivity contribution in [3.63, 3.8) is 0 Å². The normalized spacial score (nSPS) is 25.6. The summed E-state index contributed by atoms with van der Waals surface area (Å²) < 4.78 is 6.12. The third-order valence-electron chi connectivity index (χ3n) is 3.86. The molecule has 1 aliphatic carbocycles. The SMILES string of the molecule is CCOC(=O)C1CCC(O)(CSc2ccc(Br)cc2)CC1. The van der Waals surface area contributed by atoms with Crippen molar-refractivity contribution in [3.8, 4) is 0 Å². The zero-order valence-corrected chi connectivity index (χ0v) is 14.6. The highest BCUT2D eigenvalue weighted by Gasteiger charge is 2.36. The maximum atomic E-state index is 11.7. The second kappa shape index (κ2) is 7.65. The predicted molar refractivity (Wildman–Crippen MR) is 88.4 cm³/mol. The van der Waals surface area contributed by atoms with Gasteiger partial charge < -0.3 is 9.84 Å². The smallest absolute Gasteiger partial charge is 0.308 e. The summed E-state index contributed by atoms with van der Waals surface area (Å²) in [6.45, 7) is 2.25. The zero-order chi connectivity index (χ0) is 15.3. The van der Waals surface area contributed by atoms with Crippen molar-refractivity contribution in [2.75, 3.05) is 12.4 Å².